The topological polar surface area (TPSA) is 136 Å². The zero-order valence-corrected chi connectivity index (χ0v) is 17.2. The number of nitrogens with one attached hydrogen (secondary N) is 3. The van der Waals surface area contributed by atoms with Crippen molar-refractivity contribution in [3.8, 4) is 5.88 Å². The Morgan fingerprint density at radius 3 is 2.74 bits per heavy atom. The number of aromatic hydroxyl groups is 1. The third-order valence-electron chi connectivity index (χ3n) is 5.07. The Labute approximate surface area is 186 Å². The lowest BCUT2D eigenvalue weighted by Gasteiger charge is -2.13. The molecule has 176 valence electrons. The zero-order chi connectivity index (χ0) is 24.0. The van der Waals surface area contributed by atoms with Crippen molar-refractivity contribution >= 4 is 17.7 Å². The molecular weight excluding hydrogens is 460 g/mol. The van der Waals surface area contributed by atoms with Crippen LogP contribution in [0.4, 0.5) is 23.5 Å². The van der Waals surface area contributed by atoms with Gasteiger partial charge >= 0.3 is 11.9 Å². The number of hydrogen-bond acceptors (Lipinski definition) is 7. The quantitative estimate of drug-likeness (QED) is 0.320. The van der Waals surface area contributed by atoms with Gasteiger partial charge in [0.05, 0.1) is 17.8 Å². The second kappa shape index (κ2) is 7.97. The molecule has 0 unspecified atom stereocenters. The number of aromatic amines is 2. The van der Waals surface area contributed by atoms with Crippen molar-refractivity contribution in [2.24, 2.45) is 4.99 Å². The van der Waals surface area contributed by atoms with Gasteiger partial charge in [-0.1, -0.05) is 6.07 Å². The number of rotatable bonds is 5. The molecule has 0 radical (unpaired) electrons. The van der Waals surface area contributed by atoms with Gasteiger partial charge in [-0.25, -0.2) is 14.2 Å². The van der Waals surface area contributed by atoms with Crippen LogP contribution < -0.4 is 21.8 Å². The van der Waals surface area contributed by atoms with Crippen molar-refractivity contribution in [1.29, 1.82) is 0 Å². The van der Waals surface area contributed by atoms with Gasteiger partial charge in [0.2, 0.25) is 11.8 Å². The van der Waals surface area contributed by atoms with Gasteiger partial charge in [-0.2, -0.15) is 32.8 Å². The van der Waals surface area contributed by atoms with Crippen molar-refractivity contribution in [2.45, 2.75) is 31.6 Å². The zero-order valence-electron chi connectivity index (χ0n) is 17.2. The largest absolute Gasteiger partial charge is 0.493 e. The summed E-state index contributed by atoms with van der Waals surface area (Å²) in [5, 5.41) is 17.2. The van der Waals surface area contributed by atoms with Crippen LogP contribution in [0.25, 0.3) is 11.7 Å². The number of fused-ring (bicyclic) bond motifs is 1. The summed E-state index contributed by atoms with van der Waals surface area (Å²) in [4.78, 5) is 29.1. The number of H-pyrrole nitrogens is 2. The third kappa shape index (κ3) is 4.33. The molecule has 0 saturated heterocycles. The van der Waals surface area contributed by atoms with Crippen LogP contribution in [-0.2, 0) is 12.7 Å². The first kappa shape index (κ1) is 21.6. The molecule has 1 aliphatic carbocycles. The molecule has 0 spiro atoms. The second-order valence-corrected chi connectivity index (χ2v) is 7.68. The summed E-state index contributed by atoms with van der Waals surface area (Å²) in [7, 11) is 0. The number of benzene rings is 1. The van der Waals surface area contributed by atoms with E-state index < -0.39 is 23.2 Å². The highest BCUT2D eigenvalue weighted by molar-refractivity contribution is 5.57. The molecule has 0 aliphatic heterocycles. The molecule has 1 fully saturated rings. The molecule has 0 bridgehead atoms. The van der Waals surface area contributed by atoms with E-state index in [9.17, 15) is 27.5 Å². The molecule has 34 heavy (non-hydrogen) atoms. The molecule has 0 amide bonds. The maximum absolute atomic E-state index is 13.4. The standard InChI is InChI=1S/C20H16F4N8O2/c21-11-2-1-9(13(6-11)20(22,23)24)7-25-17-29-15-10(5-14-16(33)30-19(34)28-14)8-26-32(15)18(31-17)27-12-3-4-12/h1-2,5-6,8,12,33H,3-4,7H2,(H,25,27,31)(H2,28,30,34). The summed E-state index contributed by atoms with van der Waals surface area (Å²) >= 11 is 0. The van der Waals surface area contributed by atoms with E-state index in [0.29, 0.717) is 11.3 Å². The van der Waals surface area contributed by atoms with Crippen molar-refractivity contribution < 1.29 is 22.7 Å². The van der Waals surface area contributed by atoms with Crippen LogP contribution in [-0.4, -0.2) is 40.7 Å². The normalized spacial score (nSPS) is 15.4. The van der Waals surface area contributed by atoms with E-state index in [4.69, 9.17) is 0 Å². The van der Waals surface area contributed by atoms with Crippen molar-refractivity contribution in [3.05, 3.63) is 68.4 Å². The minimum Gasteiger partial charge on any atom is -0.493 e. The van der Waals surface area contributed by atoms with E-state index in [1.165, 1.54) is 16.8 Å². The molecule has 0 atom stereocenters. The fourth-order valence-electron chi connectivity index (χ4n) is 3.30. The molecule has 1 saturated carbocycles. The number of hydrogen-bond donors (Lipinski definition) is 4. The number of aromatic nitrogens is 6. The number of imidazole rings is 1. The molecule has 1 aliphatic rings. The SMILES string of the molecule is O=c1[nH]c(O)c(C=c2cnn3c(=NC4CC4)nc(NCc4ccc(F)cc4C(F)(F)F)nc23)[nH]1. The summed E-state index contributed by atoms with van der Waals surface area (Å²) in [6.45, 7) is -0.326. The van der Waals surface area contributed by atoms with Gasteiger partial charge in [0, 0.05) is 11.8 Å². The van der Waals surface area contributed by atoms with E-state index in [2.05, 4.69) is 35.3 Å². The van der Waals surface area contributed by atoms with E-state index in [1.807, 2.05) is 0 Å². The van der Waals surface area contributed by atoms with Crippen LogP contribution >= 0.6 is 0 Å². The number of nitrogens with zero attached hydrogens (tertiary/aromatic N) is 5. The fourth-order valence-corrected chi connectivity index (χ4v) is 3.30. The summed E-state index contributed by atoms with van der Waals surface area (Å²) in [6.07, 6.45) is -0.143. The second-order valence-electron chi connectivity index (χ2n) is 7.68. The first-order valence-electron chi connectivity index (χ1n) is 10.1. The molecule has 4 aromatic rings. The molecule has 4 N–H and O–H groups in total. The maximum Gasteiger partial charge on any atom is 0.416 e. The van der Waals surface area contributed by atoms with Gasteiger partial charge in [-0.05, 0) is 36.6 Å². The summed E-state index contributed by atoms with van der Waals surface area (Å²) in [5.41, 5.74) is -1.37. The Bertz CT molecular complexity index is 1570. The molecule has 14 heteroatoms. The summed E-state index contributed by atoms with van der Waals surface area (Å²) < 4.78 is 54.7. The predicted molar refractivity (Wildman–Crippen MR) is 110 cm³/mol. The Kier molecular flexibility index (Phi) is 5.06. The molecule has 1 aromatic carbocycles. The number of anilines is 1. The van der Waals surface area contributed by atoms with Crippen LogP contribution in [0.2, 0.25) is 0 Å². The van der Waals surface area contributed by atoms with E-state index in [0.717, 1.165) is 25.0 Å². The van der Waals surface area contributed by atoms with E-state index in [1.54, 1.807) is 0 Å². The molecule has 5 rings (SSSR count). The van der Waals surface area contributed by atoms with Gasteiger partial charge < -0.3 is 15.4 Å². The first-order valence-corrected chi connectivity index (χ1v) is 10.1. The monoisotopic (exact) mass is 476 g/mol. The fraction of sp³-hybridized carbons (Fsp3) is 0.250. The summed E-state index contributed by atoms with van der Waals surface area (Å²) in [5.74, 6) is -1.40. The lowest BCUT2D eigenvalue weighted by Crippen LogP contribution is -2.25. The Morgan fingerprint density at radius 1 is 1.26 bits per heavy atom. The lowest BCUT2D eigenvalue weighted by molar-refractivity contribution is -0.138. The highest BCUT2D eigenvalue weighted by atomic mass is 19.4. The van der Waals surface area contributed by atoms with Crippen LogP contribution in [0.3, 0.4) is 0 Å². The van der Waals surface area contributed by atoms with Gasteiger partial charge in [-0.3, -0.25) is 4.98 Å². The summed E-state index contributed by atoms with van der Waals surface area (Å²) in [6, 6.07) is 2.48. The van der Waals surface area contributed by atoms with Crippen molar-refractivity contribution in [3.63, 3.8) is 0 Å². The molecule has 3 aromatic heterocycles. The van der Waals surface area contributed by atoms with Crippen LogP contribution in [0.15, 0.2) is 34.2 Å². The molecular formula is C20H16F4N8O2. The minimum absolute atomic E-state index is 0.0220. The highest BCUT2D eigenvalue weighted by Gasteiger charge is 2.33. The molecule has 3 heterocycles. The highest BCUT2D eigenvalue weighted by Crippen LogP contribution is 2.32. The third-order valence-corrected chi connectivity index (χ3v) is 5.07. The van der Waals surface area contributed by atoms with Gasteiger partial charge in [0.25, 0.3) is 5.62 Å². The number of alkyl halides is 3. The Morgan fingerprint density at radius 2 is 2.06 bits per heavy atom. The minimum atomic E-state index is -4.74. The van der Waals surface area contributed by atoms with Crippen LogP contribution in [0, 0.1) is 5.82 Å². The maximum atomic E-state index is 13.4. The Balaban J connectivity index is 1.57. The average Bonchev–Trinajstić information content (AvgIpc) is 3.40. The van der Waals surface area contributed by atoms with Crippen molar-refractivity contribution in [1.82, 2.24) is 29.5 Å². The van der Waals surface area contributed by atoms with E-state index in [-0.39, 0.29) is 46.9 Å². The van der Waals surface area contributed by atoms with E-state index >= 15 is 0 Å². The van der Waals surface area contributed by atoms with Gasteiger partial charge in [0.15, 0.2) is 5.65 Å². The smallest absolute Gasteiger partial charge is 0.416 e. The van der Waals surface area contributed by atoms with Gasteiger partial charge in [0.1, 0.15) is 11.5 Å². The molecule has 10 nitrogen and oxygen atoms in total. The average molecular weight is 476 g/mol. The van der Waals surface area contributed by atoms with Crippen molar-refractivity contribution in [2.75, 3.05) is 5.32 Å². The van der Waals surface area contributed by atoms with Crippen LogP contribution in [0.1, 0.15) is 29.7 Å². The van der Waals surface area contributed by atoms with Crippen LogP contribution in [0.5, 0.6) is 5.88 Å². The number of halogens is 4. The predicted octanol–water partition coefficient (Wildman–Crippen LogP) is 1.23. The Hall–Kier alpha value is -4.23. The lowest BCUT2D eigenvalue weighted by atomic mass is 10.1. The van der Waals surface area contributed by atoms with Gasteiger partial charge in [-0.15, -0.1) is 0 Å². The first-order chi connectivity index (χ1) is 16.2.